The predicted octanol–water partition coefficient (Wildman–Crippen LogP) is 4.23. The van der Waals surface area contributed by atoms with Crippen molar-refractivity contribution < 1.29 is 9.53 Å². The number of ether oxygens (including phenoxy) is 1. The van der Waals surface area contributed by atoms with Crippen molar-refractivity contribution in [3.8, 4) is 11.3 Å². The lowest BCUT2D eigenvalue weighted by Crippen LogP contribution is -2.36. The number of nitrogens with zero attached hydrogens (tertiary/aromatic N) is 6. The number of allylic oxidation sites excluding steroid dienone is 3. The monoisotopic (exact) mass is 488 g/mol. The average Bonchev–Trinajstić information content (AvgIpc) is 3.55. The van der Waals surface area contributed by atoms with Crippen molar-refractivity contribution in [1.82, 2.24) is 24.8 Å². The maximum atomic E-state index is 13.8. The van der Waals surface area contributed by atoms with E-state index in [4.69, 9.17) is 9.73 Å². The van der Waals surface area contributed by atoms with Crippen LogP contribution in [-0.2, 0) is 23.1 Å². The SMILES string of the molecule is CO\C1=C/C(C)=N\C(N2CCC3(CCN(Cc4nn(C)nc4-c4cccc(C)c4)C3=O)C2)=C/CCC1. The molecular weight excluding hydrogens is 452 g/mol. The Balaban J connectivity index is 1.32. The number of aryl methyl sites for hydroxylation is 2. The molecule has 8 heteroatoms. The molecule has 2 fully saturated rings. The van der Waals surface area contributed by atoms with Gasteiger partial charge in [-0.15, -0.1) is 0 Å². The van der Waals surface area contributed by atoms with Crippen LogP contribution in [0.5, 0.6) is 0 Å². The highest BCUT2D eigenvalue weighted by Crippen LogP contribution is 2.43. The first-order valence-corrected chi connectivity index (χ1v) is 12.9. The van der Waals surface area contributed by atoms with Gasteiger partial charge < -0.3 is 14.5 Å². The van der Waals surface area contributed by atoms with Gasteiger partial charge in [0.15, 0.2) is 0 Å². The van der Waals surface area contributed by atoms with E-state index >= 15 is 0 Å². The number of hydrogen-bond donors (Lipinski definition) is 0. The summed E-state index contributed by atoms with van der Waals surface area (Å²) in [4.78, 5) is 24.5. The molecule has 4 heterocycles. The van der Waals surface area contributed by atoms with Gasteiger partial charge in [-0.25, -0.2) is 4.99 Å². The molecular formula is C28H36N6O2. The normalized spacial score (nSPS) is 27.1. The number of methoxy groups -OCH3 is 1. The molecule has 190 valence electrons. The number of benzene rings is 1. The maximum absolute atomic E-state index is 13.8. The van der Waals surface area contributed by atoms with Crippen molar-refractivity contribution in [2.45, 2.75) is 52.5 Å². The third kappa shape index (κ3) is 4.81. The fraction of sp³-hybridized carbons (Fsp3) is 0.500. The fourth-order valence-electron chi connectivity index (χ4n) is 5.67. The summed E-state index contributed by atoms with van der Waals surface area (Å²) < 4.78 is 5.49. The summed E-state index contributed by atoms with van der Waals surface area (Å²) in [5, 5.41) is 9.24. The van der Waals surface area contributed by atoms with E-state index in [0.717, 1.165) is 86.0 Å². The quantitative estimate of drug-likeness (QED) is 0.630. The van der Waals surface area contributed by atoms with Crippen molar-refractivity contribution in [2.75, 3.05) is 26.7 Å². The van der Waals surface area contributed by atoms with Crippen molar-refractivity contribution in [1.29, 1.82) is 0 Å². The van der Waals surface area contributed by atoms with Gasteiger partial charge in [0.25, 0.3) is 0 Å². The molecule has 1 spiro atoms. The van der Waals surface area contributed by atoms with Crippen LogP contribution in [-0.4, -0.2) is 63.2 Å². The highest BCUT2D eigenvalue weighted by molar-refractivity contribution is 5.94. The largest absolute Gasteiger partial charge is 0.501 e. The number of aliphatic imine (C=N–C) groups is 1. The van der Waals surface area contributed by atoms with Gasteiger partial charge >= 0.3 is 0 Å². The van der Waals surface area contributed by atoms with E-state index in [9.17, 15) is 4.79 Å². The van der Waals surface area contributed by atoms with Crippen LogP contribution in [0.4, 0.5) is 0 Å². The van der Waals surface area contributed by atoms with Gasteiger partial charge in [-0.2, -0.15) is 15.0 Å². The zero-order valence-corrected chi connectivity index (χ0v) is 21.8. The highest BCUT2D eigenvalue weighted by atomic mass is 16.5. The van der Waals surface area contributed by atoms with E-state index in [1.54, 1.807) is 11.9 Å². The molecule has 3 aliphatic heterocycles. The molecule has 1 aromatic heterocycles. The first kappa shape index (κ1) is 24.3. The molecule has 8 nitrogen and oxygen atoms in total. The smallest absolute Gasteiger partial charge is 0.231 e. The Morgan fingerprint density at radius 3 is 2.78 bits per heavy atom. The predicted molar refractivity (Wildman–Crippen MR) is 140 cm³/mol. The third-order valence-electron chi connectivity index (χ3n) is 7.57. The molecule has 1 amide bonds. The van der Waals surface area contributed by atoms with Gasteiger partial charge in [0.1, 0.15) is 17.2 Å². The number of likely N-dealkylation sites (tertiary alicyclic amines) is 2. The van der Waals surface area contributed by atoms with Gasteiger partial charge in [0.05, 0.1) is 24.8 Å². The van der Waals surface area contributed by atoms with Gasteiger partial charge in [-0.1, -0.05) is 23.8 Å². The van der Waals surface area contributed by atoms with Crippen molar-refractivity contribution in [3.63, 3.8) is 0 Å². The van der Waals surface area contributed by atoms with Crippen LogP contribution in [0.1, 0.15) is 50.3 Å². The summed E-state index contributed by atoms with van der Waals surface area (Å²) >= 11 is 0. The Morgan fingerprint density at radius 1 is 1.14 bits per heavy atom. The maximum Gasteiger partial charge on any atom is 0.231 e. The zero-order valence-electron chi connectivity index (χ0n) is 21.8. The Hall–Kier alpha value is -3.42. The number of carbonyl (C=O) groups is 1. The van der Waals surface area contributed by atoms with Crippen molar-refractivity contribution in [3.05, 3.63) is 59.3 Å². The van der Waals surface area contributed by atoms with E-state index in [2.05, 4.69) is 46.3 Å². The van der Waals surface area contributed by atoms with E-state index < -0.39 is 0 Å². The minimum absolute atomic E-state index is 0.233. The number of carbonyl (C=O) groups excluding carboxylic acids is 1. The molecule has 0 aliphatic carbocycles. The molecule has 1 aromatic carbocycles. The molecule has 0 radical (unpaired) electrons. The first-order valence-electron chi connectivity index (χ1n) is 12.9. The van der Waals surface area contributed by atoms with Crippen LogP contribution < -0.4 is 0 Å². The number of aromatic nitrogens is 3. The van der Waals surface area contributed by atoms with Gasteiger partial charge in [0, 0.05) is 44.4 Å². The summed E-state index contributed by atoms with van der Waals surface area (Å²) in [6.45, 7) is 6.89. The molecule has 1 atom stereocenters. The minimum atomic E-state index is -0.345. The Kier molecular flexibility index (Phi) is 6.69. The van der Waals surface area contributed by atoms with Crippen molar-refractivity contribution in [2.24, 2.45) is 17.5 Å². The Bertz CT molecular complexity index is 1240. The Morgan fingerprint density at radius 2 is 1.97 bits per heavy atom. The molecule has 0 saturated carbocycles. The number of amides is 1. The molecule has 0 N–H and O–H groups in total. The Labute approximate surface area is 213 Å². The fourth-order valence-corrected chi connectivity index (χ4v) is 5.67. The summed E-state index contributed by atoms with van der Waals surface area (Å²) in [7, 11) is 3.56. The molecule has 2 saturated heterocycles. The standard InChI is InChI=1S/C28H36N6O2/c1-20-8-7-9-22(16-20)26-24(30-32(3)31-26)18-33-14-12-28(27(33)35)13-15-34(19-28)25-11-6-5-10-23(36-4)17-21(2)29-25/h7-9,11,16-17H,5-6,10,12-15,18-19H2,1-4H3/b23-17-,25-11+,29-21-. The van der Waals surface area contributed by atoms with E-state index in [-0.39, 0.29) is 11.3 Å². The second-order valence-corrected chi connectivity index (χ2v) is 10.3. The second kappa shape index (κ2) is 9.91. The molecule has 1 unspecified atom stereocenters. The summed E-state index contributed by atoms with van der Waals surface area (Å²) in [6, 6.07) is 8.29. The zero-order chi connectivity index (χ0) is 25.3. The van der Waals surface area contributed by atoms with Crippen LogP contribution >= 0.6 is 0 Å². The third-order valence-corrected chi connectivity index (χ3v) is 7.57. The van der Waals surface area contributed by atoms with E-state index in [1.165, 1.54) is 5.56 Å². The van der Waals surface area contributed by atoms with Gasteiger partial charge in [0.2, 0.25) is 5.91 Å². The molecule has 0 bridgehead atoms. The van der Waals surface area contributed by atoms with Crippen LogP contribution in [0.25, 0.3) is 11.3 Å². The molecule has 3 aliphatic rings. The minimum Gasteiger partial charge on any atom is -0.501 e. The summed E-state index contributed by atoms with van der Waals surface area (Å²) in [5.41, 5.74) is 4.51. The highest BCUT2D eigenvalue weighted by Gasteiger charge is 2.51. The topological polar surface area (TPSA) is 75.8 Å². The van der Waals surface area contributed by atoms with Crippen LogP contribution in [0.15, 0.2) is 53.0 Å². The van der Waals surface area contributed by atoms with Crippen molar-refractivity contribution >= 4 is 11.6 Å². The summed E-state index contributed by atoms with van der Waals surface area (Å²) in [6.07, 6.45) is 8.87. The number of hydrogen-bond acceptors (Lipinski definition) is 6. The van der Waals surface area contributed by atoms with Gasteiger partial charge in [-0.3, -0.25) is 4.79 Å². The van der Waals surface area contributed by atoms with Crippen LogP contribution in [0, 0.1) is 12.3 Å². The lowest BCUT2D eigenvalue weighted by molar-refractivity contribution is -0.136. The first-order chi connectivity index (χ1) is 17.4. The molecule has 2 aromatic rings. The van der Waals surface area contributed by atoms with Crippen LogP contribution in [0.2, 0.25) is 0 Å². The van der Waals surface area contributed by atoms with Crippen LogP contribution in [0.3, 0.4) is 0 Å². The lowest BCUT2D eigenvalue weighted by Gasteiger charge is -2.24. The van der Waals surface area contributed by atoms with E-state index in [1.807, 2.05) is 31.0 Å². The van der Waals surface area contributed by atoms with Gasteiger partial charge in [-0.05, 0) is 57.7 Å². The molecule has 36 heavy (non-hydrogen) atoms. The average molecular weight is 489 g/mol. The number of rotatable bonds is 5. The lowest BCUT2D eigenvalue weighted by atomic mass is 9.85. The summed E-state index contributed by atoms with van der Waals surface area (Å²) in [5.74, 6) is 2.19. The van der Waals surface area contributed by atoms with E-state index in [0.29, 0.717) is 6.54 Å². The second-order valence-electron chi connectivity index (χ2n) is 10.3. The molecule has 5 rings (SSSR count).